The number of pyridine rings is 1. The molecule has 9 nitrogen and oxygen atoms in total. The smallest absolute Gasteiger partial charge is 0.358 e. The van der Waals surface area contributed by atoms with E-state index in [0.717, 1.165) is 0 Å². The highest BCUT2D eigenvalue weighted by atomic mass is 32.2. The number of imidazole rings is 1. The van der Waals surface area contributed by atoms with Gasteiger partial charge in [0.25, 0.3) is 0 Å². The molecule has 0 N–H and O–H groups in total. The van der Waals surface area contributed by atoms with Crippen LogP contribution in [-0.4, -0.2) is 53.2 Å². The third-order valence-corrected chi connectivity index (χ3v) is 6.49. The van der Waals surface area contributed by atoms with Gasteiger partial charge in [-0.05, 0) is 23.1 Å². The lowest BCUT2D eigenvalue weighted by atomic mass is 10.3. The van der Waals surface area contributed by atoms with E-state index in [4.69, 9.17) is 0 Å². The lowest BCUT2D eigenvalue weighted by Gasteiger charge is -2.33. The summed E-state index contributed by atoms with van der Waals surface area (Å²) in [5.41, 5.74) is 0.485. The Morgan fingerprint density at radius 3 is 2.30 bits per heavy atom. The Hall–Kier alpha value is -2.98. The van der Waals surface area contributed by atoms with Crippen molar-refractivity contribution in [1.29, 1.82) is 0 Å². The summed E-state index contributed by atoms with van der Waals surface area (Å²) in [5.74, 6) is 0.160. The van der Waals surface area contributed by atoms with E-state index in [2.05, 4.69) is 4.98 Å². The number of nitrogens with zero attached hydrogens (tertiary/aromatic N) is 5. The monoisotopic (exact) mass is 387 g/mol. The summed E-state index contributed by atoms with van der Waals surface area (Å²) in [6.07, 6.45) is 1.60. The van der Waals surface area contributed by atoms with E-state index >= 15 is 0 Å². The van der Waals surface area contributed by atoms with Gasteiger partial charge in [0.05, 0.1) is 11.1 Å². The van der Waals surface area contributed by atoms with E-state index in [1.165, 1.54) is 8.71 Å². The lowest BCUT2D eigenvalue weighted by Crippen LogP contribution is -2.48. The molecule has 1 fully saturated rings. The van der Waals surface area contributed by atoms with E-state index in [0.29, 0.717) is 18.7 Å². The summed E-state index contributed by atoms with van der Waals surface area (Å²) in [5, 5.41) is 11.6. The molecule has 2 aromatic heterocycles. The van der Waals surface area contributed by atoms with Crippen LogP contribution in [-0.2, 0) is 10.0 Å². The number of aromatic nitrogens is 2. The van der Waals surface area contributed by atoms with Crippen molar-refractivity contribution >= 4 is 27.3 Å². The Balaban J connectivity index is 1.59. The zero-order valence-corrected chi connectivity index (χ0v) is 15.1. The van der Waals surface area contributed by atoms with Crippen LogP contribution in [0, 0.1) is 10.1 Å². The highest BCUT2D eigenvalue weighted by Crippen LogP contribution is 2.30. The van der Waals surface area contributed by atoms with Crippen molar-refractivity contribution in [2.45, 2.75) is 4.90 Å². The average molecular weight is 387 g/mol. The van der Waals surface area contributed by atoms with Gasteiger partial charge in [-0.15, -0.1) is 0 Å². The minimum atomic E-state index is -3.57. The molecule has 0 bridgehead atoms. The molecule has 0 unspecified atom stereocenters. The number of hydrogen-bond donors (Lipinski definition) is 0. The van der Waals surface area contributed by atoms with Gasteiger partial charge in [0.15, 0.2) is 0 Å². The van der Waals surface area contributed by atoms with Gasteiger partial charge in [-0.25, -0.2) is 8.42 Å². The fourth-order valence-electron chi connectivity index (χ4n) is 3.23. The minimum Gasteiger partial charge on any atom is -0.358 e. The molecular weight excluding hydrogens is 370 g/mol. The van der Waals surface area contributed by atoms with Gasteiger partial charge < -0.3 is 15.0 Å². The average Bonchev–Trinajstić information content (AvgIpc) is 3.08. The SMILES string of the molecule is O=[N+]([O-])c1c(N2CCN(S(=O)(=O)c3ccccc3)CC2)nc2ccccn12. The number of nitro groups is 1. The molecule has 1 aliphatic rings. The molecule has 10 heteroatoms. The topological polar surface area (TPSA) is 101 Å². The van der Waals surface area contributed by atoms with E-state index in [9.17, 15) is 18.5 Å². The summed E-state index contributed by atoms with van der Waals surface area (Å²) < 4.78 is 28.3. The molecule has 3 heterocycles. The Labute approximate surface area is 155 Å². The first-order valence-corrected chi connectivity index (χ1v) is 9.84. The van der Waals surface area contributed by atoms with E-state index in [-0.39, 0.29) is 29.6 Å². The number of rotatable bonds is 4. The maximum absolute atomic E-state index is 12.7. The first-order chi connectivity index (χ1) is 13.0. The molecule has 4 rings (SSSR count). The first-order valence-electron chi connectivity index (χ1n) is 8.40. The summed E-state index contributed by atoms with van der Waals surface area (Å²) in [6.45, 7) is 1.14. The van der Waals surface area contributed by atoms with Crippen molar-refractivity contribution in [1.82, 2.24) is 13.7 Å². The maximum Gasteiger partial charge on any atom is 0.372 e. The van der Waals surface area contributed by atoms with Gasteiger partial charge in [-0.2, -0.15) is 13.7 Å². The summed E-state index contributed by atoms with van der Waals surface area (Å²) in [7, 11) is -3.57. The minimum absolute atomic E-state index is 0.107. The molecule has 27 heavy (non-hydrogen) atoms. The van der Waals surface area contributed by atoms with Gasteiger partial charge in [-0.3, -0.25) is 0 Å². The van der Waals surface area contributed by atoms with Gasteiger partial charge in [0.1, 0.15) is 0 Å². The quantitative estimate of drug-likeness (QED) is 0.499. The second-order valence-electron chi connectivity index (χ2n) is 6.15. The molecule has 3 aromatic rings. The molecule has 0 amide bonds. The number of piperazine rings is 1. The molecule has 0 aliphatic carbocycles. The zero-order valence-electron chi connectivity index (χ0n) is 14.3. The molecular formula is C17H17N5O4S. The Morgan fingerprint density at radius 2 is 1.63 bits per heavy atom. The second kappa shape index (κ2) is 6.63. The highest BCUT2D eigenvalue weighted by Gasteiger charge is 2.33. The van der Waals surface area contributed by atoms with Crippen LogP contribution in [0.1, 0.15) is 0 Å². The van der Waals surface area contributed by atoms with E-state index in [1.807, 2.05) is 0 Å². The largest absolute Gasteiger partial charge is 0.372 e. The van der Waals surface area contributed by atoms with Gasteiger partial charge in [0.2, 0.25) is 21.5 Å². The molecule has 0 radical (unpaired) electrons. The van der Waals surface area contributed by atoms with Crippen LogP contribution < -0.4 is 4.90 Å². The molecule has 1 saturated heterocycles. The van der Waals surface area contributed by atoms with Crippen LogP contribution in [0.2, 0.25) is 0 Å². The Morgan fingerprint density at radius 1 is 0.963 bits per heavy atom. The molecule has 1 aliphatic heterocycles. The Kier molecular flexibility index (Phi) is 4.28. The lowest BCUT2D eigenvalue weighted by molar-refractivity contribution is -0.389. The third kappa shape index (κ3) is 3.02. The number of anilines is 1. The van der Waals surface area contributed by atoms with Crippen molar-refractivity contribution in [3.63, 3.8) is 0 Å². The summed E-state index contributed by atoms with van der Waals surface area (Å²) in [4.78, 5) is 17.5. The van der Waals surface area contributed by atoms with Gasteiger partial charge in [-0.1, -0.05) is 24.3 Å². The maximum atomic E-state index is 12.7. The summed E-state index contributed by atoms with van der Waals surface area (Å²) >= 11 is 0. The third-order valence-electron chi connectivity index (χ3n) is 4.58. The fourth-order valence-corrected chi connectivity index (χ4v) is 4.68. The fraction of sp³-hybridized carbons (Fsp3) is 0.235. The van der Waals surface area contributed by atoms with Crippen LogP contribution in [0.25, 0.3) is 5.65 Å². The number of sulfonamides is 1. The number of fused-ring (bicyclic) bond motifs is 1. The van der Waals surface area contributed by atoms with Gasteiger partial charge >= 0.3 is 5.82 Å². The van der Waals surface area contributed by atoms with Crippen molar-refractivity contribution in [2.24, 2.45) is 0 Å². The molecule has 140 valence electrons. The van der Waals surface area contributed by atoms with Crippen LogP contribution in [0.5, 0.6) is 0 Å². The van der Waals surface area contributed by atoms with Crippen LogP contribution in [0.3, 0.4) is 0 Å². The van der Waals surface area contributed by atoms with Crippen molar-refractivity contribution in [3.05, 3.63) is 64.8 Å². The number of hydrogen-bond acceptors (Lipinski definition) is 6. The van der Waals surface area contributed by atoms with E-state index in [1.54, 1.807) is 59.6 Å². The highest BCUT2D eigenvalue weighted by molar-refractivity contribution is 7.89. The summed E-state index contributed by atoms with van der Waals surface area (Å²) in [6, 6.07) is 13.4. The molecule has 0 spiro atoms. The molecule has 1 aromatic carbocycles. The predicted molar refractivity (Wildman–Crippen MR) is 99.3 cm³/mol. The van der Waals surface area contributed by atoms with Crippen molar-refractivity contribution in [2.75, 3.05) is 31.1 Å². The van der Waals surface area contributed by atoms with Crippen LogP contribution >= 0.6 is 0 Å². The van der Waals surface area contributed by atoms with Crippen molar-refractivity contribution < 1.29 is 13.3 Å². The standard InChI is InChI=1S/C17H17N5O4S/c23-22(24)17-16(18-15-8-4-5-9-21(15)17)19-10-12-20(13-11-19)27(25,26)14-6-2-1-3-7-14/h1-9H,10-13H2. The molecule has 0 atom stereocenters. The number of benzene rings is 1. The predicted octanol–water partition coefficient (Wildman–Crippen LogP) is 1.75. The van der Waals surface area contributed by atoms with Gasteiger partial charge in [0, 0.05) is 32.2 Å². The molecule has 0 saturated carbocycles. The normalized spacial score (nSPS) is 15.9. The van der Waals surface area contributed by atoms with Crippen LogP contribution in [0.15, 0.2) is 59.6 Å². The van der Waals surface area contributed by atoms with Crippen LogP contribution in [0.4, 0.5) is 11.6 Å². The zero-order chi connectivity index (χ0) is 19.0. The second-order valence-corrected chi connectivity index (χ2v) is 8.09. The van der Waals surface area contributed by atoms with E-state index < -0.39 is 14.9 Å². The van der Waals surface area contributed by atoms with Crippen molar-refractivity contribution in [3.8, 4) is 0 Å². The first kappa shape index (κ1) is 17.4. The Bertz CT molecular complexity index is 1090.